The molecule has 0 atom stereocenters. The number of rotatable bonds is 5. The van der Waals surface area contributed by atoms with Crippen molar-refractivity contribution in [3.8, 4) is 5.75 Å². The van der Waals surface area contributed by atoms with Crippen LogP contribution in [-0.2, 0) is 17.9 Å². The number of hydrogen-bond donors (Lipinski definition) is 1. The van der Waals surface area contributed by atoms with Crippen molar-refractivity contribution < 1.29 is 9.53 Å². The number of fused-ring (bicyclic) bond motifs is 1. The molecule has 0 bridgehead atoms. The highest BCUT2D eigenvalue weighted by atomic mass is 16.5. The van der Waals surface area contributed by atoms with E-state index in [4.69, 9.17) is 4.74 Å². The van der Waals surface area contributed by atoms with E-state index < -0.39 is 0 Å². The summed E-state index contributed by atoms with van der Waals surface area (Å²) in [5.74, 6) is 0.743. The molecule has 0 spiro atoms. The van der Waals surface area contributed by atoms with Crippen LogP contribution in [0.25, 0.3) is 10.9 Å². The molecule has 0 unspecified atom stereocenters. The predicted molar refractivity (Wildman–Crippen MR) is 89.3 cm³/mol. The average Bonchev–Trinajstić information content (AvgIpc) is 2.90. The first kappa shape index (κ1) is 15.1. The molecule has 3 rings (SSSR count). The van der Waals surface area contributed by atoms with Crippen molar-refractivity contribution in [2.24, 2.45) is 0 Å². The second kappa shape index (κ2) is 6.52. The number of nitrogens with zero attached hydrogens (tertiary/aromatic N) is 2. The number of carbonyl (C=O) groups excluding carboxylic acids is 1. The zero-order valence-corrected chi connectivity index (χ0v) is 13.2. The van der Waals surface area contributed by atoms with Gasteiger partial charge < -0.3 is 10.1 Å². The number of aryl methyl sites for hydroxylation is 1. The molecular formula is C18H19N3O2. The van der Waals surface area contributed by atoms with Gasteiger partial charge in [-0.3, -0.25) is 9.48 Å². The second-order valence-electron chi connectivity index (χ2n) is 5.39. The summed E-state index contributed by atoms with van der Waals surface area (Å²) >= 11 is 0. The largest absolute Gasteiger partial charge is 0.497 e. The van der Waals surface area contributed by atoms with Gasteiger partial charge >= 0.3 is 0 Å². The van der Waals surface area contributed by atoms with E-state index in [1.807, 2.05) is 55.5 Å². The van der Waals surface area contributed by atoms with Crippen molar-refractivity contribution in [2.75, 3.05) is 7.11 Å². The van der Waals surface area contributed by atoms with Gasteiger partial charge in [0.1, 0.15) is 12.3 Å². The van der Waals surface area contributed by atoms with E-state index >= 15 is 0 Å². The Balaban J connectivity index is 1.64. The lowest BCUT2D eigenvalue weighted by Gasteiger charge is -2.07. The molecule has 0 saturated heterocycles. The summed E-state index contributed by atoms with van der Waals surface area (Å²) in [6, 6.07) is 15.6. The Morgan fingerprint density at radius 1 is 1.17 bits per heavy atom. The third kappa shape index (κ3) is 3.34. The third-order valence-electron chi connectivity index (χ3n) is 3.78. The van der Waals surface area contributed by atoms with Gasteiger partial charge in [0.05, 0.1) is 18.3 Å². The summed E-state index contributed by atoms with van der Waals surface area (Å²) in [5, 5.41) is 8.44. The van der Waals surface area contributed by atoms with Crippen LogP contribution in [0.3, 0.4) is 0 Å². The third-order valence-corrected chi connectivity index (χ3v) is 3.78. The summed E-state index contributed by atoms with van der Waals surface area (Å²) in [7, 11) is 1.63. The van der Waals surface area contributed by atoms with E-state index in [0.717, 1.165) is 27.9 Å². The molecule has 1 heterocycles. The van der Waals surface area contributed by atoms with E-state index in [-0.39, 0.29) is 12.5 Å². The van der Waals surface area contributed by atoms with Crippen LogP contribution in [0.5, 0.6) is 5.75 Å². The first-order valence-electron chi connectivity index (χ1n) is 7.49. The lowest BCUT2D eigenvalue weighted by Crippen LogP contribution is -2.27. The monoisotopic (exact) mass is 309 g/mol. The van der Waals surface area contributed by atoms with Gasteiger partial charge in [-0.15, -0.1) is 0 Å². The highest BCUT2D eigenvalue weighted by Gasteiger charge is 2.10. The van der Waals surface area contributed by atoms with Gasteiger partial charge in [0.2, 0.25) is 5.91 Å². The molecule has 0 aliphatic carbocycles. The number of benzene rings is 2. The van der Waals surface area contributed by atoms with Gasteiger partial charge in [-0.05, 0) is 30.7 Å². The molecule has 0 fully saturated rings. The van der Waals surface area contributed by atoms with Crippen LogP contribution < -0.4 is 10.1 Å². The summed E-state index contributed by atoms with van der Waals surface area (Å²) in [5.41, 5.74) is 2.94. The molecule has 3 aromatic rings. The molecule has 1 amide bonds. The SMILES string of the molecule is COc1ccc(CNC(=O)Cn2nc(C)c3ccccc32)cc1. The zero-order chi connectivity index (χ0) is 16.2. The number of methoxy groups -OCH3 is 1. The Morgan fingerprint density at radius 3 is 2.65 bits per heavy atom. The molecule has 5 nitrogen and oxygen atoms in total. The number of hydrogen-bond acceptors (Lipinski definition) is 3. The van der Waals surface area contributed by atoms with Crippen molar-refractivity contribution in [3.63, 3.8) is 0 Å². The van der Waals surface area contributed by atoms with Crippen LogP contribution in [0.4, 0.5) is 0 Å². The number of para-hydroxylation sites is 1. The Bertz CT molecular complexity index is 822. The summed E-state index contributed by atoms with van der Waals surface area (Å²) in [6.07, 6.45) is 0. The fourth-order valence-electron chi connectivity index (χ4n) is 2.55. The molecule has 0 saturated carbocycles. The molecule has 23 heavy (non-hydrogen) atoms. The standard InChI is InChI=1S/C18H19N3O2/c1-13-16-5-3-4-6-17(16)21(20-13)12-18(22)19-11-14-7-9-15(23-2)10-8-14/h3-10H,11-12H2,1-2H3,(H,19,22). The molecule has 0 aliphatic heterocycles. The van der Waals surface area contributed by atoms with Crippen molar-refractivity contribution in [1.82, 2.24) is 15.1 Å². The summed E-state index contributed by atoms with van der Waals surface area (Å²) < 4.78 is 6.86. The van der Waals surface area contributed by atoms with Crippen LogP contribution in [0.1, 0.15) is 11.3 Å². The maximum atomic E-state index is 12.2. The summed E-state index contributed by atoms with van der Waals surface area (Å²) in [4.78, 5) is 12.2. The minimum atomic E-state index is -0.0610. The number of aromatic nitrogens is 2. The van der Waals surface area contributed by atoms with Gasteiger partial charge in [-0.25, -0.2) is 0 Å². The van der Waals surface area contributed by atoms with E-state index in [1.165, 1.54) is 0 Å². The normalized spacial score (nSPS) is 10.7. The minimum Gasteiger partial charge on any atom is -0.497 e. The van der Waals surface area contributed by atoms with Gasteiger partial charge in [0.25, 0.3) is 0 Å². The van der Waals surface area contributed by atoms with Crippen molar-refractivity contribution >= 4 is 16.8 Å². The Morgan fingerprint density at radius 2 is 1.91 bits per heavy atom. The molecule has 2 aromatic carbocycles. The first-order chi connectivity index (χ1) is 11.2. The van der Waals surface area contributed by atoms with Crippen LogP contribution in [0.15, 0.2) is 48.5 Å². The van der Waals surface area contributed by atoms with E-state index in [1.54, 1.807) is 11.8 Å². The van der Waals surface area contributed by atoms with E-state index in [0.29, 0.717) is 6.54 Å². The molecule has 1 aromatic heterocycles. The van der Waals surface area contributed by atoms with E-state index in [9.17, 15) is 4.79 Å². The van der Waals surface area contributed by atoms with Crippen molar-refractivity contribution in [2.45, 2.75) is 20.0 Å². The number of amides is 1. The number of carbonyl (C=O) groups is 1. The second-order valence-corrected chi connectivity index (χ2v) is 5.39. The zero-order valence-electron chi connectivity index (χ0n) is 13.2. The fraction of sp³-hybridized carbons (Fsp3) is 0.222. The Labute approximate surface area is 134 Å². The minimum absolute atomic E-state index is 0.0610. The smallest absolute Gasteiger partial charge is 0.242 e. The predicted octanol–water partition coefficient (Wildman–Crippen LogP) is 2.67. The average molecular weight is 309 g/mol. The van der Waals surface area contributed by atoms with Crippen molar-refractivity contribution in [1.29, 1.82) is 0 Å². The molecule has 5 heteroatoms. The molecule has 118 valence electrons. The van der Waals surface area contributed by atoms with Crippen LogP contribution in [-0.4, -0.2) is 22.8 Å². The van der Waals surface area contributed by atoms with Crippen LogP contribution in [0.2, 0.25) is 0 Å². The Hall–Kier alpha value is -2.82. The summed E-state index contributed by atoms with van der Waals surface area (Å²) in [6.45, 7) is 2.65. The first-order valence-corrected chi connectivity index (χ1v) is 7.49. The highest BCUT2D eigenvalue weighted by molar-refractivity contribution is 5.84. The highest BCUT2D eigenvalue weighted by Crippen LogP contribution is 2.17. The topological polar surface area (TPSA) is 56.1 Å². The van der Waals surface area contributed by atoms with Crippen LogP contribution >= 0.6 is 0 Å². The maximum absolute atomic E-state index is 12.2. The lowest BCUT2D eigenvalue weighted by molar-refractivity contribution is -0.121. The van der Waals surface area contributed by atoms with Gasteiger partial charge in [-0.1, -0.05) is 30.3 Å². The molecule has 1 N–H and O–H groups in total. The van der Waals surface area contributed by atoms with Crippen molar-refractivity contribution in [3.05, 3.63) is 59.8 Å². The van der Waals surface area contributed by atoms with E-state index in [2.05, 4.69) is 10.4 Å². The number of ether oxygens (including phenoxy) is 1. The molecule has 0 aliphatic rings. The van der Waals surface area contributed by atoms with Crippen LogP contribution in [0, 0.1) is 6.92 Å². The van der Waals surface area contributed by atoms with Gasteiger partial charge in [0.15, 0.2) is 0 Å². The van der Waals surface area contributed by atoms with Gasteiger partial charge in [-0.2, -0.15) is 5.10 Å². The van der Waals surface area contributed by atoms with Gasteiger partial charge in [0, 0.05) is 11.9 Å². The molecular weight excluding hydrogens is 290 g/mol. The Kier molecular flexibility index (Phi) is 4.28. The lowest BCUT2D eigenvalue weighted by atomic mass is 10.2. The number of nitrogens with one attached hydrogen (secondary N) is 1. The molecule has 0 radical (unpaired) electrons. The maximum Gasteiger partial charge on any atom is 0.242 e. The quantitative estimate of drug-likeness (QED) is 0.788. The fourth-order valence-corrected chi connectivity index (χ4v) is 2.55.